The van der Waals surface area contributed by atoms with Crippen molar-refractivity contribution in [1.29, 1.82) is 0 Å². The Hall–Kier alpha value is -0.918. The second-order valence-corrected chi connectivity index (χ2v) is 4.31. The van der Waals surface area contributed by atoms with Gasteiger partial charge in [-0.3, -0.25) is 9.59 Å². The van der Waals surface area contributed by atoms with E-state index in [1.807, 2.05) is 0 Å². The first-order valence-electron chi connectivity index (χ1n) is 5.75. The molecular weight excluding hydrogens is 519 g/mol. The standard InChI is InChI=1S/2C5H3F6O2.Pd/c2*6-4(7,8)2(12)1-3(13)5(9,10)11;/h2*2H,1H2;/q2*-1;+2. The van der Waals surface area contributed by atoms with Gasteiger partial charge in [-0.15, -0.1) is 0 Å². The van der Waals surface area contributed by atoms with Crippen LogP contribution in [0.1, 0.15) is 12.8 Å². The normalized spacial score (nSPS) is 15.0. The summed E-state index contributed by atoms with van der Waals surface area (Å²) < 4.78 is 136. The average Bonchev–Trinajstić information content (AvgIpc) is 2.34. The van der Waals surface area contributed by atoms with E-state index in [1.54, 1.807) is 0 Å². The number of alkyl halides is 12. The van der Waals surface area contributed by atoms with Crippen LogP contribution in [0, 0.1) is 0 Å². The summed E-state index contributed by atoms with van der Waals surface area (Å²) in [4.78, 5) is 19.8. The second kappa shape index (κ2) is 10.6. The molecular formula is C10H6F12O4Pd. The molecule has 2 unspecified atom stereocenters. The maximum absolute atomic E-state index is 11.4. The molecule has 4 nitrogen and oxygen atoms in total. The minimum atomic E-state index is -5.38. The van der Waals surface area contributed by atoms with Crippen LogP contribution in [0.2, 0.25) is 0 Å². The number of rotatable bonds is 4. The Balaban J connectivity index is -0.000000411. The van der Waals surface area contributed by atoms with Gasteiger partial charge in [-0.25, -0.2) is 0 Å². The van der Waals surface area contributed by atoms with E-state index < -0.39 is 61.3 Å². The molecule has 0 amide bonds. The van der Waals surface area contributed by atoms with Crippen molar-refractivity contribution in [3.8, 4) is 0 Å². The van der Waals surface area contributed by atoms with Gasteiger partial charge in [0.2, 0.25) is 11.6 Å². The minimum Gasteiger partial charge on any atom is -0.845 e. The van der Waals surface area contributed by atoms with Gasteiger partial charge in [0.1, 0.15) is 0 Å². The monoisotopic (exact) mass is 524 g/mol. The van der Waals surface area contributed by atoms with E-state index in [4.69, 9.17) is 0 Å². The van der Waals surface area contributed by atoms with E-state index in [-0.39, 0.29) is 20.4 Å². The predicted molar refractivity (Wildman–Crippen MR) is 51.0 cm³/mol. The largest absolute Gasteiger partial charge is 2.00 e. The van der Waals surface area contributed by atoms with Crippen LogP contribution in [0.15, 0.2) is 0 Å². The fourth-order valence-corrected chi connectivity index (χ4v) is 0.800. The Morgan fingerprint density at radius 1 is 0.593 bits per heavy atom. The maximum atomic E-state index is 11.4. The molecule has 0 aromatic heterocycles. The van der Waals surface area contributed by atoms with E-state index in [0.717, 1.165) is 0 Å². The van der Waals surface area contributed by atoms with Crippen molar-refractivity contribution in [2.75, 3.05) is 0 Å². The summed E-state index contributed by atoms with van der Waals surface area (Å²) in [6.07, 6.45) is -32.6. The van der Waals surface area contributed by atoms with Gasteiger partial charge in [-0.05, 0) is 12.2 Å². The molecule has 0 saturated carbocycles. The van der Waals surface area contributed by atoms with Gasteiger partial charge >= 0.3 is 45.1 Å². The van der Waals surface area contributed by atoms with Gasteiger partial charge in [-0.1, -0.05) is 0 Å². The van der Waals surface area contributed by atoms with Crippen LogP contribution in [-0.2, 0) is 30.0 Å². The second-order valence-electron chi connectivity index (χ2n) is 4.31. The predicted octanol–water partition coefficient (Wildman–Crippen LogP) is 1.60. The molecule has 0 radical (unpaired) electrons. The smallest absolute Gasteiger partial charge is 0.845 e. The van der Waals surface area contributed by atoms with Crippen molar-refractivity contribution in [2.24, 2.45) is 0 Å². The summed E-state index contributed by atoms with van der Waals surface area (Å²) in [6.45, 7) is 0. The summed E-state index contributed by atoms with van der Waals surface area (Å²) in [5, 5.41) is 19.9. The molecule has 0 aliphatic rings. The first kappa shape index (κ1) is 30.8. The van der Waals surface area contributed by atoms with Crippen LogP contribution in [0.25, 0.3) is 0 Å². The van der Waals surface area contributed by atoms with E-state index in [9.17, 15) is 72.5 Å². The topological polar surface area (TPSA) is 80.3 Å². The Morgan fingerprint density at radius 3 is 0.889 bits per heavy atom. The van der Waals surface area contributed by atoms with E-state index in [1.165, 1.54) is 0 Å². The molecule has 17 heteroatoms. The molecule has 0 aromatic carbocycles. The summed E-state index contributed by atoms with van der Waals surface area (Å²) in [6, 6.07) is 0. The van der Waals surface area contributed by atoms with Crippen LogP contribution in [0.5, 0.6) is 0 Å². The van der Waals surface area contributed by atoms with Crippen molar-refractivity contribution < 1.29 is 92.9 Å². The number of carbonyl (C=O) groups is 2. The molecule has 0 spiro atoms. The zero-order valence-corrected chi connectivity index (χ0v) is 13.6. The number of ketones is 2. The third kappa shape index (κ3) is 13.8. The summed E-state index contributed by atoms with van der Waals surface area (Å²) >= 11 is 0. The molecule has 0 bridgehead atoms. The van der Waals surface area contributed by atoms with Crippen molar-refractivity contribution in [3.05, 3.63) is 0 Å². The van der Waals surface area contributed by atoms with Gasteiger partial charge in [-0.2, -0.15) is 52.7 Å². The fraction of sp³-hybridized carbons (Fsp3) is 0.800. The maximum Gasteiger partial charge on any atom is 2.00 e. The van der Waals surface area contributed by atoms with Crippen LogP contribution >= 0.6 is 0 Å². The van der Waals surface area contributed by atoms with Gasteiger partial charge in [0.25, 0.3) is 0 Å². The number of Topliss-reactive ketones (excluding diaryl/α,β-unsaturated/α-hetero) is 2. The summed E-state index contributed by atoms with van der Waals surface area (Å²) in [5.74, 6) is -5.32. The van der Waals surface area contributed by atoms with Crippen LogP contribution in [0.4, 0.5) is 52.7 Å². The Kier molecular flexibility index (Phi) is 12.1. The van der Waals surface area contributed by atoms with Gasteiger partial charge in [0.15, 0.2) is 0 Å². The molecule has 2 atom stereocenters. The molecule has 0 aliphatic carbocycles. The number of hydrogen-bond acceptors (Lipinski definition) is 4. The Labute approximate surface area is 155 Å². The van der Waals surface area contributed by atoms with E-state index in [0.29, 0.717) is 0 Å². The van der Waals surface area contributed by atoms with Crippen LogP contribution < -0.4 is 10.2 Å². The van der Waals surface area contributed by atoms with Crippen LogP contribution in [-0.4, -0.2) is 48.5 Å². The Bertz CT molecular complexity index is 435. The van der Waals surface area contributed by atoms with Crippen molar-refractivity contribution in [3.63, 3.8) is 0 Å². The van der Waals surface area contributed by atoms with E-state index >= 15 is 0 Å². The van der Waals surface area contributed by atoms with Gasteiger partial charge in [0.05, 0.1) is 0 Å². The first-order chi connectivity index (χ1) is 11.1. The van der Waals surface area contributed by atoms with Gasteiger partial charge < -0.3 is 10.2 Å². The van der Waals surface area contributed by atoms with Gasteiger partial charge in [0, 0.05) is 12.8 Å². The average molecular weight is 525 g/mol. The van der Waals surface area contributed by atoms with Crippen LogP contribution in [0.3, 0.4) is 0 Å². The summed E-state index contributed by atoms with van der Waals surface area (Å²) in [5.41, 5.74) is 0. The summed E-state index contributed by atoms with van der Waals surface area (Å²) in [7, 11) is 0. The molecule has 164 valence electrons. The first-order valence-corrected chi connectivity index (χ1v) is 5.75. The number of halogens is 12. The molecule has 0 aliphatic heterocycles. The molecule has 0 saturated heterocycles. The van der Waals surface area contributed by atoms with Crippen molar-refractivity contribution in [2.45, 2.75) is 49.8 Å². The van der Waals surface area contributed by atoms with E-state index in [2.05, 4.69) is 0 Å². The zero-order chi connectivity index (χ0) is 21.7. The third-order valence-electron chi connectivity index (χ3n) is 2.10. The SMILES string of the molecule is O=C(CC([O-])C(F)(F)F)C(F)(F)F.O=C(CC([O-])C(F)(F)F)C(F)(F)F.[Pd+2]. The molecule has 0 fully saturated rings. The minimum absolute atomic E-state index is 0. The third-order valence-corrected chi connectivity index (χ3v) is 2.10. The number of hydrogen-bond donors (Lipinski definition) is 0. The quantitative estimate of drug-likeness (QED) is 0.414. The molecule has 0 N–H and O–H groups in total. The van der Waals surface area contributed by atoms with Crippen molar-refractivity contribution >= 4 is 11.6 Å². The molecule has 0 rings (SSSR count). The fourth-order valence-electron chi connectivity index (χ4n) is 0.800. The molecule has 0 aromatic rings. The molecule has 27 heavy (non-hydrogen) atoms. The zero-order valence-electron chi connectivity index (χ0n) is 12.1. The molecule has 0 heterocycles. The number of carbonyl (C=O) groups excluding carboxylic acids is 2. The van der Waals surface area contributed by atoms with Crippen molar-refractivity contribution in [1.82, 2.24) is 0 Å². The Morgan fingerprint density at radius 2 is 0.778 bits per heavy atom.